The average molecular weight is 216 g/mol. The molecule has 15 heavy (non-hydrogen) atoms. The third-order valence-electron chi connectivity index (χ3n) is 1.85. The van der Waals surface area contributed by atoms with E-state index in [0.29, 0.717) is 6.07 Å². The molecule has 0 spiro atoms. The molecule has 0 aliphatic rings. The van der Waals surface area contributed by atoms with Crippen LogP contribution in [0.2, 0.25) is 0 Å². The summed E-state index contributed by atoms with van der Waals surface area (Å²) in [6.07, 6.45) is 0. The Bertz CT molecular complexity index is 438. The summed E-state index contributed by atoms with van der Waals surface area (Å²) in [5, 5.41) is 8.33. The van der Waals surface area contributed by atoms with Crippen LogP contribution in [0.5, 0.6) is 0 Å². The zero-order valence-corrected chi connectivity index (χ0v) is 7.72. The van der Waals surface area contributed by atoms with Gasteiger partial charge in [-0.2, -0.15) is 4.39 Å². The van der Waals surface area contributed by atoms with Gasteiger partial charge < -0.3 is 5.11 Å². The van der Waals surface area contributed by atoms with Gasteiger partial charge in [0.2, 0.25) is 5.83 Å². The van der Waals surface area contributed by atoms with Crippen LogP contribution in [0.25, 0.3) is 5.57 Å². The van der Waals surface area contributed by atoms with Crippen molar-refractivity contribution in [3.05, 3.63) is 41.2 Å². The Morgan fingerprint density at radius 3 is 2.40 bits per heavy atom. The van der Waals surface area contributed by atoms with E-state index in [0.717, 1.165) is 19.1 Å². The van der Waals surface area contributed by atoms with Gasteiger partial charge in [0.05, 0.1) is 0 Å². The molecule has 0 unspecified atom stereocenters. The van der Waals surface area contributed by atoms with Gasteiger partial charge in [0.25, 0.3) is 0 Å². The molecule has 0 aliphatic heterocycles. The Morgan fingerprint density at radius 1 is 1.33 bits per heavy atom. The van der Waals surface area contributed by atoms with Crippen molar-refractivity contribution in [3.63, 3.8) is 0 Å². The first-order chi connectivity index (χ1) is 6.93. The topological polar surface area (TPSA) is 37.3 Å². The average Bonchev–Trinajstić information content (AvgIpc) is 2.15. The summed E-state index contributed by atoms with van der Waals surface area (Å²) in [5.41, 5.74) is -0.642. The number of carboxylic acids is 1. The van der Waals surface area contributed by atoms with Crippen LogP contribution in [0, 0.1) is 11.6 Å². The van der Waals surface area contributed by atoms with Crippen LogP contribution < -0.4 is 0 Å². The highest BCUT2D eigenvalue weighted by molar-refractivity contribution is 5.93. The lowest BCUT2D eigenvalue weighted by molar-refractivity contribution is -0.134. The van der Waals surface area contributed by atoms with E-state index in [2.05, 4.69) is 0 Å². The molecule has 0 amide bonds. The number of carboxylic acid groups (broad SMARTS) is 1. The van der Waals surface area contributed by atoms with Crippen molar-refractivity contribution in [1.29, 1.82) is 0 Å². The fraction of sp³-hybridized carbons (Fsp3) is 0.100. The van der Waals surface area contributed by atoms with Gasteiger partial charge in [-0.3, -0.25) is 0 Å². The van der Waals surface area contributed by atoms with Gasteiger partial charge in [0, 0.05) is 17.2 Å². The maximum absolute atomic E-state index is 13.1. The summed E-state index contributed by atoms with van der Waals surface area (Å²) in [4.78, 5) is 10.3. The fourth-order valence-corrected chi connectivity index (χ4v) is 1.07. The van der Waals surface area contributed by atoms with Crippen molar-refractivity contribution < 1.29 is 23.1 Å². The van der Waals surface area contributed by atoms with E-state index in [1.54, 1.807) is 0 Å². The standard InChI is InChI=1S/C10H7F3O2/c1-5(9(13)10(14)15)7-3-2-6(11)4-8(7)12/h2-4H,1H3,(H,14,15)/b9-5-. The number of halogens is 3. The van der Waals surface area contributed by atoms with Gasteiger partial charge in [-0.1, -0.05) is 0 Å². The molecule has 0 bridgehead atoms. The van der Waals surface area contributed by atoms with Crippen LogP contribution in [0.3, 0.4) is 0 Å². The zero-order valence-electron chi connectivity index (χ0n) is 7.72. The van der Waals surface area contributed by atoms with Gasteiger partial charge in [-0.05, 0) is 19.1 Å². The minimum Gasteiger partial charge on any atom is -0.476 e. The van der Waals surface area contributed by atoms with Crippen LogP contribution in [0.1, 0.15) is 12.5 Å². The van der Waals surface area contributed by atoms with E-state index >= 15 is 0 Å². The Labute approximate surface area is 83.7 Å². The molecule has 80 valence electrons. The van der Waals surface area contributed by atoms with Gasteiger partial charge >= 0.3 is 5.97 Å². The predicted molar refractivity (Wildman–Crippen MR) is 47.7 cm³/mol. The summed E-state index contributed by atoms with van der Waals surface area (Å²) in [7, 11) is 0. The Morgan fingerprint density at radius 2 is 1.93 bits per heavy atom. The molecule has 0 aliphatic carbocycles. The number of benzene rings is 1. The van der Waals surface area contributed by atoms with E-state index in [1.807, 2.05) is 0 Å². The molecule has 1 rings (SSSR count). The minimum atomic E-state index is -1.78. The van der Waals surface area contributed by atoms with Crippen LogP contribution in [-0.2, 0) is 4.79 Å². The Kier molecular flexibility index (Phi) is 3.14. The lowest BCUT2D eigenvalue weighted by Crippen LogP contribution is -1.99. The quantitative estimate of drug-likeness (QED) is 0.772. The molecular formula is C10H7F3O2. The molecule has 5 heteroatoms. The second-order valence-corrected chi connectivity index (χ2v) is 2.87. The maximum atomic E-state index is 13.1. The summed E-state index contributed by atoms with van der Waals surface area (Å²) in [6.45, 7) is 1.11. The monoisotopic (exact) mass is 216 g/mol. The molecule has 1 aromatic carbocycles. The predicted octanol–water partition coefficient (Wildman–Crippen LogP) is 2.75. The third-order valence-corrected chi connectivity index (χ3v) is 1.85. The highest BCUT2D eigenvalue weighted by atomic mass is 19.1. The molecule has 0 atom stereocenters. The molecule has 0 radical (unpaired) electrons. The van der Waals surface area contributed by atoms with Crippen LogP contribution >= 0.6 is 0 Å². The van der Waals surface area contributed by atoms with E-state index in [1.165, 1.54) is 0 Å². The van der Waals surface area contributed by atoms with E-state index < -0.39 is 23.4 Å². The van der Waals surface area contributed by atoms with Crippen LogP contribution in [-0.4, -0.2) is 11.1 Å². The SMILES string of the molecule is C/C(=C(/F)C(=O)O)c1ccc(F)cc1F. The normalized spacial score (nSPS) is 12.3. The molecular weight excluding hydrogens is 209 g/mol. The molecule has 2 nitrogen and oxygen atoms in total. The first-order valence-corrected chi connectivity index (χ1v) is 3.98. The third kappa shape index (κ3) is 2.37. The molecule has 0 aromatic heterocycles. The van der Waals surface area contributed by atoms with Gasteiger partial charge in [-0.25, -0.2) is 13.6 Å². The second-order valence-electron chi connectivity index (χ2n) is 2.87. The van der Waals surface area contributed by atoms with Crippen molar-refractivity contribution in [2.24, 2.45) is 0 Å². The maximum Gasteiger partial charge on any atom is 0.365 e. The van der Waals surface area contributed by atoms with Crippen molar-refractivity contribution in [2.75, 3.05) is 0 Å². The number of rotatable bonds is 2. The Balaban J connectivity index is 3.29. The molecule has 0 saturated heterocycles. The van der Waals surface area contributed by atoms with Crippen LogP contribution in [0.4, 0.5) is 13.2 Å². The number of hydrogen-bond acceptors (Lipinski definition) is 1. The lowest BCUT2D eigenvalue weighted by atomic mass is 10.1. The number of hydrogen-bond donors (Lipinski definition) is 1. The van der Waals surface area contributed by atoms with Gasteiger partial charge in [0.1, 0.15) is 11.6 Å². The first-order valence-electron chi connectivity index (χ1n) is 3.98. The number of carbonyl (C=O) groups is 1. The van der Waals surface area contributed by atoms with Crippen LogP contribution in [0.15, 0.2) is 24.0 Å². The van der Waals surface area contributed by atoms with Gasteiger partial charge in [0.15, 0.2) is 0 Å². The second kappa shape index (κ2) is 4.16. The molecule has 1 aromatic rings. The highest BCUT2D eigenvalue weighted by Gasteiger charge is 2.15. The van der Waals surface area contributed by atoms with E-state index in [4.69, 9.17) is 5.11 Å². The smallest absolute Gasteiger partial charge is 0.365 e. The fourth-order valence-electron chi connectivity index (χ4n) is 1.07. The van der Waals surface area contributed by atoms with Crippen molar-refractivity contribution >= 4 is 11.5 Å². The lowest BCUT2D eigenvalue weighted by Gasteiger charge is -2.03. The molecule has 0 fully saturated rings. The van der Waals surface area contributed by atoms with Crippen molar-refractivity contribution in [3.8, 4) is 0 Å². The number of aliphatic carboxylic acids is 1. The van der Waals surface area contributed by atoms with E-state index in [9.17, 15) is 18.0 Å². The molecule has 0 heterocycles. The van der Waals surface area contributed by atoms with Crippen molar-refractivity contribution in [2.45, 2.75) is 6.92 Å². The molecule has 1 N–H and O–H groups in total. The van der Waals surface area contributed by atoms with Gasteiger partial charge in [-0.15, -0.1) is 0 Å². The summed E-state index contributed by atoms with van der Waals surface area (Å²) in [5.74, 6) is -5.04. The van der Waals surface area contributed by atoms with E-state index in [-0.39, 0.29) is 11.1 Å². The summed E-state index contributed by atoms with van der Waals surface area (Å²) in [6, 6.07) is 2.48. The van der Waals surface area contributed by atoms with Crippen molar-refractivity contribution in [1.82, 2.24) is 0 Å². The first kappa shape index (κ1) is 11.3. The zero-order chi connectivity index (χ0) is 11.6. The Hall–Kier alpha value is -1.78. The largest absolute Gasteiger partial charge is 0.476 e. The molecule has 0 saturated carbocycles. The minimum absolute atomic E-state index is 0.267. The number of allylic oxidation sites excluding steroid dienone is 1. The summed E-state index contributed by atoms with van der Waals surface area (Å²) >= 11 is 0. The summed E-state index contributed by atoms with van der Waals surface area (Å²) < 4.78 is 38.5. The highest BCUT2D eigenvalue weighted by Crippen LogP contribution is 2.22.